The molecule has 0 aliphatic rings. The fourth-order valence-electron chi connectivity index (χ4n) is 3.47. The van der Waals surface area contributed by atoms with Gasteiger partial charge in [0.15, 0.2) is 5.82 Å². The van der Waals surface area contributed by atoms with E-state index in [0.29, 0.717) is 24.5 Å². The molecule has 9 heteroatoms. The maximum atomic E-state index is 12.1. The van der Waals surface area contributed by atoms with Gasteiger partial charge in [-0.25, -0.2) is 15.0 Å². The van der Waals surface area contributed by atoms with Crippen LogP contribution in [-0.2, 0) is 9.53 Å². The molecule has 0 aliphatic carbocycles. The summed E-state index contributed by atoms with van der Waals surface area (Å²) in [5, 5.41) is 7.17. The topological polar surface area (TPSA) is 92.3 Å². The van der Waals surface area contributed by atoms with Crippen LogP contribution < -0.4 is 10.6 Å². The first-order chi connectivity index (χ1) is 17.0. The first-order valence-corrected chi connectivity index (χ1v) is 12.0. The highest BCUT2D eigenvalue weighted by Crippen LogP contribution is 2.33. The van der Waals surface area contributed by atoms with Crippen molar-refractivity contribution in [2.24, 2.45) is 0 Å². The summed E-state index contributed by atoms with van der Waals surface area (Å²) in [7, 11) is 5.59. The first kappa shape index (κ1) is 24.5. The van der Waals surface area contributed by atoms with Crippen LogP contribution in [0.3, 0.4) is 0 Å². The number of likely N-dealkylation sites (N-methyl/N-ethyl adjacent to an activating group) is 1. The summed E-state index contributed by atoms with van der Waals surface area (Å²) < 4.78 is 5.43. The summed E-state index contributed by atoms with van der Waals surface area (Å²) in [6, 6.07) is 17.7. The van der Waals surface area contributed by atoms with Gasteiger partial charge in [0.25, 0.3) is 0 Å². The molecular weight excluding hydrogens is 460 g/mol. The molecule has 2 heterocycles. The summed E-state index contributed by atoms with van der Waals surface area (Å²) in [6.45, 7) is 1.20. The lowest BCUT2D eigenvalue weighted by Crippen LogP contribution is -2.17. The molecule has 0 spiro atoms. The third kappa shape index (κ3) is 6.48. The molecule has 35 heavy (non-hydrogen) atoms. The quantitative estimate of drug-likeness (QED) is 0.315. The summed E-state index contributed by atoms with van der Waals surface area (Å²) in [6.07, 6.45) is 4.91. The molecule has 8 nitrogen and oxygen atoms in total. The smallest absolute Gasteiger partial charge is 0.248 e. The van der Waals surface area contributed by atoms with E-state index < -0.39 is 0 Å². The van der Waals surface area contributed by atoms with E-state index in [2.05, 4.69) is 32.7 Å². The van der Waals surface area contributed by atoms with Gasteiger partial charge in [0.05, 0.1) is 12.6 Å². The van der Waals surface area contributed by atoms with E-state index in [1.165, 1.54) is 11.3 Å². The fraction of sp³-hybridized carbons (Fsp3) is 0.231. The second-order valence-electron chi connectivity index (χ2n) is 8.19. The number of carbonyl (C=O) groups excluding carboxylic acids is 1. The Balaban J connectivity index is 1.52. The summed E-state index contributed by atoms with van der Waals surface area (Å²) in [4.78, 5) is 28.6. The number of aromatic nitrogens is 3. The average molecular weight is 489 g/mol. The van der Waals surface area contributed by atoms with Crippen LogP contribution in [0.4, 0.5) is 11.5 Å². The van der Waals surface area contributed by atoms with Crippen molar-refractivity contribution in [3.05, 3.63) is 78.6 Å². The van der Waals surface area contributed by atoms with Crippen molar-refractivity contribution in [1.82, 2.24) is 19.9 Å². The van der Waals surface area contributed by atoms with Crippen LogP contribution in [-0.4, -0.2) is 60.1 Å². The Morgan fingerprint density at radius 2 is 1.89 bits per heavy atom. The number of nitrogens with one attached hydrogen (secondary N) is 2. The molecule has 0 saturated carbocycles. The van der Waals surface area contributed by atoms with E-state index >= 15 is 0 Å². The highest BCUT2D eigenvalue weighted by Gasteiger charge is 2.17. The molecule has 0 fully saturated rings. The number of fused-ring (bicyclic) bond motifs is 1. The van der Waals surface area contributed by atoms with Crippen LogP contribution in [0.25, 0.3) is 20.9 Å². The van der Waals surface area contributed by atoms with Crippen molar-refractivity contribution in [2.45, 2.75) is 6.04 Å². The van der Waals surface area contributed by atoms with E-state index in [4.69, 9.17) is 9.72 Å². The predicted octanol–water partition coefficient (Wildman–Crippen LogP) is 4.61. The number of benzene rings is 2. The SMILES string of the molecule is COC[C@@H](Nc1ncnc2sc(-c3ccc(NC(=O)C=CCN(C)C)cc3)nc12)c1ccccc1. The number of hydrogen-bond acceptors (Lipinski definition) is 8. The van der Waals surface area contributed by atoms with Gasteiger partial charge in [0, 0.05) is 31.0 Å². The van der Waals surface area contributed by atoms with Gasteiger partial charge in [-0.3, -0.25) is 4.79 Å². The molecule has 4 rings (SSSR count). The Morgan fingerprint density at radius 3 is 2.60 bits per heavy atom. The number of amides is 1. The lowest BCUT2D eigenvalue weighted by Gasteiger charge is -2.19. The van der Waals surface area contributed by atoms with E-state index in [1.807, 2.05) is 67.5 Å². The Morgan fingerprint density at radius 1 is 1.11 bits per heavy atom. The van der Waals surface area contributed by atoms with Gasteiger partial charge in [-0.1, -0.05) is 47.7 Å². The van der Waals surface area contributed by atoms with Crippen molar-refractivity contribution in [3.8, 4) is 10.6 Å². The number of anilines is 2. The fourth-order valence-corrected chi connectivity index (χ4v) is 4.38. The predicted molar refractivity (Wildman–Crippen MR) is 142 cm³/mol. The zero-order valence-electron chi connectivity index (χ0n) is 19.9. The molecule has 0 saturated heterocycles. The number of thiazole rings is 1. The van der Waals surface area contributed by atoms with Gasteiger partial charge >= 0.3 is 0 Å². The van der Waals surface area contributed by atoms with Crippen LogP contribution in [0.2, 0.25) is 0 Å². The summed E-state index contributed by atoms with van der Waals surface area (Å²) in [5.41, 5.74) is 3.48. The van der Waals surface area contributed by atoms with Crippen LogP contribution >= 0.6 is 11.3 Å². The van der Waals surface area contributed by atoms with Gasteiger partial charge in [0.2, 0.25) is 5.91 Å². The molecule has 0 unspecified atom stereocenters. The minimum atomic E-state index is -0.158. The molecule has 1 amide bonds. The maximum Gasteiger partial charge on any atom is 0.248 e. The molecule has 2 N–H and O–H groups in total. The van der Waals surface area contributed by atoms with Crippen molar-refractivity contribution in [1.29, 1.82) is 0 Å². The van der Waals surface area contributed by atoms with Crippen molar-refractivity contribution < 1.29 is 9.53 Å². The third-order valence-corrected chi connectivity index (χ3v) is 6.19. The van der Waals surface area contributed by atoms with Crippen molar-refractivity contribution >= 4 is 39.1 Å². The van der Waals surface area contributed by atoms with Crippen molar-refractivity contribution in [2.75, 3.05) is 45.0 Å². The van der Waals surface area contributed by atoms with Crippen LogP contribution in [0.1, 0.15) is 11.6 Å². The molecule has 1 atom stereocenters. The molecule has 2 aromatic heterocycles. The second kappa shape index (κ2) is 11.7. The Labute approximate surface area is 208 Å². The van der Waals surface area contributed by atoms with Crippen LogP contribution in [0.5, 0.6) is 0 Å². The maximum absolute atomic E-state index is 12.1. The van der Waals surface area contributed by atoms with Gasteiger partial charge in [0.1, 0.15) is 21.7 Å². The zero-order valence-corrected chi connectivity index (χ0v) is 20.7. The Hall–Kier alpha value is -3.66. The van der Waals surface area contributed by atoms with E-state index in [9.17, 15) is 4.79 Å². The van der Waals surface area contributed by atoms with Crippen LogP contribution in [0, 0.1) is 0 Å². The van der Waals surface area contributed by atoms with E-state index in [1.54, 1.807) is 19.5 Å². The highest BCUT2D eigenvalue weighted by atomic mass is 32.1. The minimum Gasteiger partial charge on any atom is -0.382 e. The Kier molecular flexibility index (Phi) is 8.15. The van der Waals surface area contributed by atoms with Gasteiger partial charge in [-0.05, 0) is 43.9 Å². The molecule has 0 bridgehead atoms. The van der Waals surface area contributed by atoms with Crippen LogP contribution in [0.15, 0.2) is 73.1 Å². The first-order valence-electron chi connectivity index (χ1n) is 11.2. The second-order valence-corrected chi connectivity index (χ2v) is 9.17. The lowest BCUT2D eigenvalue weighted by atomic mass is 10.1. The third-order valence-electron chi connectivity index (χ3n) is 5.18. The van der Waals surface area contributed by atoms with Gasteiger partial charge in [-0.2, -0.15) is 0 Å². The molecule has 4 aromatic rings. The molecule has 0 aliphatic heterocycles. The number of carbonyl (C=O) groups is 1. The number of nitrogens with zero attached hydrogens (tertiary/aromatic N) is 4. The minimum absolute atomic E-state index is 0.0703. The lowest BCUT2D eigenvalue weighted by molar-refractivity contribution is -0.111. The number of ether oxygens (including phenoxy) is 1. The summed E-state index contributed by atoms with van der Waals surface area (Å²) >= 11 is 1.50. The van der Waals surface area contributed by atoms with E-state index in [0.717, 1.165) is 26.7 Å². The molecule has 2 aromatic carbocycles. The Bertz CT molecular complexity index is 1290. The number of methoxy groups -OCH3 is 1. The molecule has 180 valence electrons. The van der Waals surface area contributed by atoms with Crippen molar-refractivity contribution in [3.63, 3.8) is 0 Å². The van der Waals surface area contributed by atoms with Gasteiger partial charge < -0.3 is 20.3 Å². The molecular formula is C26H28N6O2S. The highest BCUT2D eigenvalue weighted by molar-refractivity contribution is 7.21. The zero-order chi connectivity index (χ0) is 24.6. The average Bonchev–Trinajstić information content (AvgIpc) is 3.30. The normalized spacial score (nSPS) is 12.3. The number of hydrogen-bond donors (Lipinski definition) is 2. The monoisotopic (exact) mass is 488 g/mol. The van der Waals surface area contributed by atoms with Gasteiger partial charge in [-0.15, -0.1) is 0 Å². The number of rotatable bonds is 10. The summed E-state index contributed by atoms with van der Waals surface area (Å²) in [5.74, 6) is 0.506. The molecule has 0 radical (unpaired) electrons. The van der Waals surface area contributed by atoms with E-state index in [-0.39, 0.29) is 11.9 Å². The standard InChI is InChI=1S/C26H28N6O2S/c1-32(2)15-7-10-22(33)29-20-13-11-19(12-14-20)25-31-23-24(27-17-28-26(23)35-25)30-21(16-34-3)18-8-5-4-6-9-18/h4-14,17,21H,15-16H2,1-3H3,(H,29,33)(H,27,28,30)/t21-/m1/s1. The largest absolute Gasteiger partial charge is 0.382 e.